The Morgan fingerprint density at radius 3 is 2.04 bits per heavy atom. The van der Waals surface area contributed by atoms with E-state index < -0.39 is 133 Å². The number of aromatic hydroxyl groups is 2. The van der Waals surface area contributed by atoms with E-state index >= 15 is 0 Å². The molecule has 2 aliphatic heterocycles. The van der Waals surface area contributed by atoms with Crippen molar-refractivity contribution in [1.29, 1.82) is 0 Å². The van der Waals surface area contributed by atoms with Gasteiger partial charge in [0.25, 0.3) is 0 Å². The molecule has 270 valence electrons. The predicted octanol–water partition coefficient (Wildman–Crippen LogP) is -3.40. The second kappa shape index (κ2) is 14.1. The van der Waals surface area contributed by atoms with Crippen LogP contribution in [0.3, 0.4) is 0 Å². The first-order chi connectivity index (χ1) is 23.1. The highest BCUT2D eigenvalue weighted by Gasteiger charge is 2.58. The van der Waals surface area contributed by atoms with Crippen molar-refractivity contribution >= 4 is 11.8 Å². The van der Waals surface area contributed by atoms with Crippen molar-refractivity contribution in [3.05, 3.63) is 58.1 Å². The third-order valence-electron chi connectivity index (χ3n) is 9.45. The van der Waals surface area contributed by atoms with Crippen LogP contribution in [0, 0.1) is 5.92 Å². The van der Waals surface area contributed by atoms with E-state index in [1.54, 1.807) is 0 Å². The second-order valence-corrected chi connectivity index (χ2v) is 12.5. The zero-order chi connectivity index (χ0) is 36.1. The van der Waals surface area contributed by atoms with Crippen LogP contribution in [-0.4, -0.2) is 148 Å². The molecule has 49 heavy (non-hydrogen) atoms. The van der Waals surface area contributed by atoms with E-state index in [-0.39, 0.29) is 16.7 Å². The number of hydrogen-bond acceptors (Lipinski definition) is 17. The van der Waals surface area contributed by atoms with Crippen LogP contribution in [0.5, 0.6) is 11.5 Å². The van der Waals surface area contributed by atoms with Gasteiger partial charge in [0.2, 0.25) is 5.78 Å². The number of esters is 1. The molecule has 0 saturated carbocycles. The summed E-state index contributed by atoms with van der Waals surface area (Å²) in [6.07, 6.45) is -17.9. The lowest BCUT2D eigenvalue weighted by molar-refractivity contribution is -0.312. The highest BCUT2D eigenvalue weighted by molar-refractivity contribution is 6.16. The van der Waals surface area contributed by atoms with Crippen molar-refractivity contribution in [3.8, 4) is 11.5 Å². The molecule has 3 aliphatic rings. The normalized spacial score (nSPS) is 35.6. The van der Waals surface area contributed by atoms with Gasteiger partial charge in [-0.25, -0.2) is 0 Å². The summed E-state index contributed by atoms with van der Waals surface area (Å²) in [5.41, 5.74) is -4.17. The molecular weight excluding hydrogens is 656 g/mol. The quantitative estimate of drug-likeness (QED) is 0.114. The summed E-state index contributed by atoms with van der Waals surface area (Å²) in [5.74, 6) is -4.10. The van der Waals surface area contributed by atoms with E-state index in [1.165, 1.54) is 32.0 Å². The Morgan fingerprint density at radius 1 is 0.816 bits per heavy atom. The SMILES string of the molecule is C[C@H](O[C@@H]1O[C@H](CO)[C@@H](O)[C@H](O)[C@H]1O)[C@@H](C)C(=O)OCc1cc(O)c2c(c1)[C@](O)([C@@H]1O[C@H](CO)[C@@H](O)[C@H](O)[C@@H]1O)c1cccc(O)c1C2=O. The smallest absolute Gasteiger partial charge is 0.311 e. The van der Waals surface area contributed by atoms with Gasteiger partial charge in [-0.2, -0.15) is 0 Å². The molecule has 0 spiro atoms. The summed E-state index contributed by atoms with van der Waals surface area (Å²) in [6.45, 7) is 0.781. The number of rotatable bonds is 9. The maximum Gasteiger partial charge on any atom is 0.311 e. The summed E-state index contributed by atoms with van der Waals surface area (Å²) >= 11 is 0. The number of hydrogen-bond donors (Lipinski definition) is 11. The number of phenolic OH excluding ortho intramolecular Hbond substituents is 2. The van der Waals surface area contributed by atoms with Gasteiger partial charge in [-0.15, -0.1) is 0 Å². The first kappa shape index (κ1) is 37.0. The molecule has 2 aromatic rings. The number of aliphatic hydroxyl groups excluding tert-OH is 8. The zero-order valence-corrected chi connectivity index (χ0v) is 26.3. The Bertz CT molecular complexity index is 1550. The fourth-order valence-corrected chi connectivity index (χ4v) is 6.41. The van der Waals surface area contributed by atoms with Crippen molar-refractivity contribution in [2.45, 2.75) is 93.4 Å². The van der Waals surface area contributed by atoms with Crippen molar-refractivity contribution in [3.63, 3.8) is 0 Å². The third kappa shape index (κ3) is 6.30. The van der Waals surface area contributed by atoms with E-state index in [2.05, 4.69) is 0 Å². The number of fused-ring (bicyclic) bond motifs is 2. The molecule has 2 saturated heterocycles. The first-order valence-electron chi connectivity index (χ1n) is 15.5. The van der Waals surface area contributed by atoms with Crippen molar-refractivity contribution in [2.24, 2.45) is 5.92 Å². The van der Waals surface area contributed by atoms with Crippen molar-refractivity contribution in [1.82, 2.24) is 0 Å². The molecular formula is C32H40O17. The number of ether oxygens (including phenoxy) is 4. The predicted molar refractivity (Wildman–Crippen MR) is 160 cm³/mol. The monoisotopic (exact) mass is 696 g/mol. The van der Waals surface area contributed by atoms with Gasteiger partial charge < -0.3 is 75.1 Å². The minimum Gasteiger partial charge on any atom is -0.507 e. The van der Waals surface area contributed by atoms with Crippen LogP contribution in [0.4, 0.5) is 0 Å². The molecule has 2 fully saturated rings. The Kier molecular flexibility index (Phi) is 10.7. The standard InChI is InChI=1S/C32H40O17/c1-11(12(2)47-31-28(43)26(41)23(38)19(9-34)49-31)30(44)46-10-13-6-15-21(17(36)7-13)24(39)20-14(4-3-5-16(20)35)32(15,45)29-27(42)25(40)22(37)18(8-33)48-29/h3-7,11-12,18-19,22-23,25-29,31,33-38,40-43,45H,8-10H2,1-2H3/t11-,12+,18-,19-,22-,23-,25+,26+,27+,28-,29-,31-,32+/m1/s1. The maximum absolute atomic E-state index is 13.6. The van der Waals surface area contributed by atoms with E-state index in [9.17, 15) is 65.8 Å². The minimum atomic E-state index is -2.61. The number of ketones is 1. The van der Waals surface area contributed by atoms with E-state index in [0.717, 1.165) is 12.1 Å². The topological polar surface area (TPSA) is 294 Å². The second-order valence-electron chi connectivity index (χ2n) is 12.5. The average Bonchev–Trinajstić information content (AvgIpc) is 3.08. The van der Waals surface area contributed by atoms with Gasteiger partial charge in [0.1, 0.15) is 78.6 Å². The summed E-state index contributed by atoms with van der Waals surface area (Å²) in [5, 5.41) is 115. The molecule has 0 aromatic heterocycles. The van der Waals surface area contributed by atoms with Crippen molar-refractivity contribution < 1.29 is 84.7 Å². The molecule has 0 bridgehead atoms. The summed E-state index contributed by atoms with van der Waals surface area (Å²) < 4.78 is 22.0. The highest BCUT2D eigenvalue weighted by Crippen LogP contribution is 2.50. The molecule has 13 atom stereocenters. The number of phenols is 2. The molecule has 17 nitrogen and oxygen atoms in total. The van der Waals surface area contributed by atoms with Crippen LogP contribution in [0.2, 0.25) is 0 Å². The Hall–Kier alpha value is -3.30. The highest BCUT2D eigenvalue weighted by atomic mass is 16.7. The fourth-order valence-electron chi connectivity index (χ4n) is 6.41. The Balaban J connectivity index is 1.42. The van der Waals surface area contributed by atoms with Gasteiger partial charge in [-0.1, -0.05) is 12.1 Å². The molecule has 17 heteroatoms. The van der Waals surface area contributed by atoms with Gasteiger partial charge in [0, 0.05) is 11.1 Å². The van der Waals surface area contributed by atoms with Crippen LogP contribution >= 0.6 is 0 Å². The maximum atomic E-state index is 13.6. The average molecular weight is 697 g/mol. The molecule has 2 aromatic carbocycles. The molecule has 5 rings (SSSR count). The number of benzene rings is 2. The van der Waals surface area contributed by atoms with Crippen LogP contribution < -0.4 is 0 Å². The van der Waals surface area contributed by atoms with Gasteiger partial charge in [-0.3, -0.25) is 9.59 Å². The summed E-state index contributed by atoms with van der Waals surface area (Å²) in [7, 11) is 0. The Labute approximate surface area is 278 Å². The molecule has 2 heterocycles. The number of carbonyl (C=O) groups is 2. The van der Waals surface area contributed by atoms with Gasteiger partial charge in [-0.05, 0) is 37.6 Å². The molecule has 11 N–H and O–H groups in total. The van der Waals surface area contributed by atoms with Gasteiger partial charge >= 0.3 is 5.97 Å². The number of carbonyl (C=O) groups excluding carboxylic acids is 2. The van der Waals surface area contributed by atoms with Crippen LogP contribution in [0.1, 0.15) is 46.5 Å². The lowest BCUT2D eigenvalue weighted by Gasteiger charge is -2.49. The summed E-state index contributed by atoms with van der Waals surface area (Å²) in [4.78, 5) is 26.7. The third-order valence-corrected chi connectivity index (χ3v) is 9.45. The first-order valence-corrected chi connectivity index (χ1v) is 15.5. The lowest BCUT2D eigenvalue weighted by Crippen LogP contribution is -2.65. The largest absolute Gasteiger partial charge is 0.507 e. The van der Waals surface area contributed by atoms with Crippen LogP contribution in [-0.2, 0) is 35.9 Å². The molecule has 0 radical (unpaired) electrons. The van der Waals surface area contributed by atoms with Crippen molar-refractivity contribution in [2.75, 3.05) is 13.2 Å². The lowest BCUT2D eigenvalue weighted by atomic mass is 9.68. The molecule has 0 amide bonds. The van der Waals surface area contributed by atoms with Gasteiger partial charge in [0.15, 0.2) is 6.29 Å². The fraction of sp³-hybridized carbons (Fsp3) is 0.562. The number of aliphatic hydroxyl groups is 9. The van der Waals surface area contributed by atoms with Crippen LogP contribution in [0.25, 0.3) is 0 Å². The van der Waals surface area contributed by atoms with Crippen LogP contribution in [0.15, 0.2) is 30.3 Å². The minimum absolute atomic E-state index is 0.0266. The molecule has 0 unspecified atom stereocenters. The Morgan fingerprint density at radius 2 is 1.41 bits per heavy atom. The van der Waals surface area contributed by atoms with Gasteiger partial charge in [0.05, 0.1) is 36.4 Å². The summed E-state index contributed by atoms with van der Waals surface area (Å²) in [6, 6.07) is 5.96. The van der Waals surface area contributed by atoms with E-state index in [0.29, 0.717) is 0 Å². The van der Waals surface area contributed by atoms with E-state index in [1.807, 2.05) is 0 Å². The zero-order valence-electron chi connectivity index (χ0n) is 26.3. The van der Waals surface area contributed by atoms with E-state index in [4.69, 9.17) is 18.9 Å². The molecule has 1 aliphatic carbocycles.